The molecule has 0 spiro atoms. The summed E-state index contributed by atoms with van der Waals surface area (Å²) >= 11 is 6.70. The highest BCUT2D eigenvalue weighted by Crippen LogP contribution is 2.26. The minimum atomic E-state index is -0.838. The zero-order chi connectivity index (χ0) is 14.7. The number of nitrogens with zero attached hydrogens (tertiary/aromatic N) is 3. The lowest BCUT2D eigenvalue weighted by molar-refractivity contribution is -0.137. The van der Waals surface area contributed by atoms with Crippen LogP contribution in [0.2, 0.25) is 0 Å². The first-order valence-electron chi connectivity index (χ1n) is 5.81. The van der Waals surface area contributed by atoms with Crippen LogP contribution in [0.5, 0.6) is 0 Å². The van der Waals surface area contributed by atoms with Crippen LogP contribution in [-0.4, -0.2) is 26.2 Å². The molecule has 1 N–H and O–H groups in total. The van der Waals surface area contributed by atoms with Crippen molar-refractivity contribution >= 4 is 37.8 Å². The normalized spacial score (nSPS) is 12.3. The SMILES string of the molecule is CC(CC(=O)O)Cc1nc(-c2ncc(Br)cc2Br)no1. The van der Waals surface area contributed by atoms with E-state index in [0.29, 0.717) is 23.8 Å². The van der Waals surface area contributed by atoms with Crippen LogP contribution in [0.1, 0.15) is 19.2 Å². The van der Waals surface area contributed by atoms with E-state index in [4.69, 9.17) is 9.63 Å². The van der Waals surface area contributed by atoms with E-state index in [1.807, 2.05) is 13.0 Å². The van der Waals surface area contributed by atoms with Gasteiger partial charge in [0.15, 0.2) is 0 Å². The Morgan fingerprint density at radius 2 is 2.25 bits per heavy atom. The Balaban J connectivity index is 2.14. The van der Waals surface area contributed by atoms with Crippen molar-refractivity contribution < 1.29 is 14.4 Å². The Kier molecular flexibility index (Phi) is 4.87. The summed E-state index contributed by atoms with van der Waals surface area (Å²) in [5.41, 5.74) is 0.578. The zero-order valence-corrected chi connectivity index (χ0v) is 13.7. The van der Waals surface area contributed by atoms with Gasteiger partial charge in [-0.15, -0.1) is 0 Å². The molecular formula is C12H11Br2N3O3. The van der Waals surface area contributed by atoms with Gasteiger partial charge in [-0.3, -0.25) is 9.78 Å². The molecule has 0 aliphatic heterocycles. The van der Waals surface area contributed by atoms with Gasteiger partial charge in [-0.2, -0.15) is 4.98 Å². The molecule has 0 saturated heterocycles. The molecule has 2 heterocycles. The highest BCUT2D eigenvalue weighted by Gasteiger charge is 2.16. The topological polar surface area (TPSA) is 89.1 Å². The molecule has 0 aliphatic rings. The molecule has 20 heavy (non-hydrogen) atoms. The van der Waals surface area contributed by atoms with Crippen molar-refractivity contribution in [1.82, 2.24) is 15.1 Å². The second-order valence-electron chi connectivity index (χ2n) is 4.40. The fourth-order valence-electron chi connectivity index (χ4n) is 1.68. The van der Waals surface area contributed by atoms with Crippen LogP contribution in [0.4, 0.5) is 0 Å². The van der Waals surface area contributed by atoms with Crippen molar-refractivity contribution in [1.29, 1.82) is 0 Å². The molecule has 106 valence electrons. The lowest BCUT2D eigenvalue weighted by Gasteiger charge is -2.03. The molecule has 2 rings (SSSR count). The summed E-state index contributed by atoms with van der Waals surface area (Å²) in [4.78, 5) is 19.1. The molecule has 2 aromatic rings. The number of rotatable bonds is 5. The average molecular weight is 405 g/mol. The average Bonchev–Trinajstić information content (AvgIpc) is 2.75. The van der Waals surface area contributed by atoms with Gasteiger partial charge in [-0.25, -0.2) is 0 Å². The number of pyridine rings is 1. The third kappa shape index (κ3) is 3.86. The fourth-order valence-corrected chi connectivity index (χ4v) is 2.85. The first-order chi connectivity index (χ1) is 9.45. The Labute approximate surface area is 131 Å². The van der Waals surface area contributed by atoms with Crippen molar-refractivity contribution in [3.63, 3.8) is 0 Å². The maximum absolute atomic E-state index is 10.6. The van der Waals surface area contributed by atoms with Crippen LogP contribution in [0, 0.1) is 5.92 Å². The van der Waals surface area contributed by atoms with Crippen molar-refractivity contribution in [2.45, 2.75) is 19.8 Å². The number of aromatic nitrogens is 3. The molecular weight excluding hydrogens is 394 g/mol. The third-order valence-corrected chi connectivity index (χ3v) is 3.57. The largest absolute Gasteiger partial charge is 0.481 e. The smallest absolute Gasteiger partial charge is 0.303 e. The van der Waals surface area contributed by atoms with Gasteiger partial charge >= 0.3 is 5.97 Å². The lowest BCUT2D eigenvalue weighted by Crippen LogP contribution is -2.07. The number of aliphatic carboxylic acids is 1. The molecule has 0 aliphatic carbocycles. The fraction of sp³-hybridized carbons (Fsp3) is 0.333. The van der Waals surface area contributed by atoms with E-state index in [9.17, 15) is 4.79 Å². The van der Waals surface area contributed by atoms with Gasteiger partial charge in [0.1, 0.15) is 5.69 Å². The second-order valence-corrected chi connectivity index (χ2v) is 6.17. The van der Waals surface area contributed by atoms with Crippen molar-refractivity contribution in [2.75, 3.05) is 0 Å². The molecule has 0 saturated carbocycles. The van der Waals surface area contributed by atoms with Crippen LogP contribution in [-0.2, 0) is 11.2 Å². The number of carboxylic acids is 1. The molecule has 1 unspecified atom stereocenters. The molecule has 2 aromatic heterocycles. The Morgan fingerprint density at radius 1 is 1.50 bits per heavy atom. The van der Waals surface area contributed by atoms with Crippen LogP contribution < -0.4 is 0 Å². The van der Waals surface area contributed by atoms with Gasteiger partial charge < -0.3 is 9.63 Å². The number of carboxylic acid groups (broad SMARTS) is 1. The first kappa shape index (κ1) is 15.1. The predicted molar refractivity (Wildman–Crippen MR) is 78.0 cm³/mol. The van der Waals surface area contributed by atoms with Gasteiger partial charge in [0.25, 0.3) is 0 Å². The molecule has 6 nitrogen and oxygen atoms in total. The van der Waals surface area contributed by atoms with Crippen molar-refractivity contribution in [2.24, 2.45) is 5.92 Å². The van der Waals surface area contributed by atoms with Gasteiger partial charge in [-0.05, 0) is 43.8 Å². The maximum Gasteiger partial charge on any atom is 0.303 e. The Hall–Kier alpha value is -1.28. The quantitative estimate of drug-likeness (QED) is 0.822. The number of hydrogen-bond donors (Lipinski definition) is 1. The van der Waals surface area contributed by atoms with Gasteiger partial charge in [0.2, 0.25) is 11.7 Å². The van der Waals surface area contributed by atoms with Crippen molar-refractivity contribution in [3.8, 4) is 11.5 Å². The van der Waals surface area contributed by atoms with Crippen LogP contribution in [0.25, 0.3) is 11.5 Å². The van der Waals surface area contributed by atoms with E-state index < -0.39 is 5.97 Å². The van der Waals surface area contributed by atoms with Crippen molar-refractivity contribution in [3.05, 3.63) is 27.1 Å². The molecule has 0 fully saturated rings. The van der Waals surface area contributed by atoms with E-state index in [1.54, 1.807) is 6.20 Å². The summed E-state index contributed by atoms with van der Waals surface area (Å²) in [5, 5.41) is 12.6. The molecule has 0 bridgehead atoms. The molecule has 0 amide bonds. The van der Waals surface area contributed by atoms with E-state index >= 15 is 0 Å². The minimum absolute atomic E-state index is 0.0674. The number of halogens is 2. The molecule has 0 aromatic carbocycles. The van der Waals surface area contributed by atoms with E-state index in [0.717, 1.165) is 8.95 Å². The second kappa shape index (κ2) is 6.45. The summed E-state index contributed by atoms with van der Waals surface area (Å²) in [7, 11) is 0. The molecule has 8 heteroatoms. The van der Waals surface area contributed by atoms with Crippen LogP contribution in [0.15, 0.2) is 25.7 Å². The van der Waals surface area contributed by atoms with E-state index in [1.165, 1.54) is 0 Å². The first-order valence-corrected chi connectivity index (χ1v) is 7.40. The highest BCUT2D eigenvalue weighted by atomic mass is 79.9. The maximum atomic E-state index is 10.6. The van der Waals surface area contributed by atoms with Crippen LogP contribution >= 0.6 is 31.9 Å². The predicted octanol–water partition coefficient (Wildman–Crippen LogP) is 3.31. The zero-order valence-electron chi connectivity index (χ0n) is 10.5. The number of carbonyl (C=O) groups is 1. The third-order valence-electron chi connectivity index (χ3n) is 2.53. The van der Waals surface area contributed by atoms with Gasteiger partial charge in [-0.1, -0.05) is 12.1 Å². The summed E-state index contributed by atoms with van der Waals surface area (Å²) in [6.45, 7) is 1.83. The van der Waals surface area contributed by atoms with Crippen LogP contribution in [0.3, 0.4) is 0 Å². The van der Waals surface area contributed by atoms with Gasteiger partial charge in [0, 0.05) is 28.0 Å². The van der Waals surface area contributed by atoms with E-state index in [-0.39, 0.29) is 12.3 Å². The number of hydrogen-bond acceptors (Lipinski definition) is 5. The standard InChI is InChI=1S/C12H11Br2N3O3/c1-6(3-10(18)19)2-9-16-12(17-20-9)11-8(14)4-7(13)5-15-11/h4-6H,2-3H2,1H3,(H,18,19). The minimum Gasteiger partial charge on any atom is -0.481 e. The Bertz CT molecular complexity index is 630. The van der Waals surface area contributed by atoms with Gasteiger partial charge in [0.05, 0.1) is 0 Å². The highest BCUT2D eigenvalue weighted by molar-refractivity contribution is 9.11. The summed E-state index contributed by atoms with van der Waals surface area (Å²) in [5.74, 6) is -0.121. The lowest BCUT2D eigenvalue weighted by atomic mass is 10.0. The monoisotopic (exact) mass is 403 g/mol. The summed E-state index contributed by atoms with van der Waals surface area (Å²) in [6.07, 6.45) is 2.13. The summed E-state index contributed by atoms with van der Waals surface area (Å²) < 4.78 is 6.72. The summed E-state index contributed by atoms with van der Waals surface area (Å²) in [6, 6.07) is 1.84. The molecule has 0 radical (unpaired) electrons. The molecule has 1 atom stereocenters. The van der Waals surface area contributed by atoms with E-state index in [2.05, 4.69) is 47.0 Å². The Morgan fingerprint density at radius 3 is 2.90 bits per heavy atom.